The summed E-state index contributed by atoms with van der Waals surface area (Å²) in [5.41, 5.74) is 10.7. The second-order valence-electron chi connectivity index (χ2n) is 2.08. The molecule has 0 saturated heterocycles. The van der Waals surface area contributed by atoms with E-state index in [9.17, 15) is 4.79 Å². The molecule has 1 aromatic rings. The highest BCUT2D eigenvalue weighted by Gasteiger charge is 1.99. The van der Waals surface area contributed by atoms with Crippen molar-refractivity contribution >= 4 is 11.6 Å². The van der Waals surface area contributed by atoms with E-state index in [1.165, 1.54) is 12.4 Å². The minimum absolute atomic E-state index is 0.0558. The van der Waals surface area contributed by atoms with Gasteiger partial charge in [0.2, 0.25) is 5.91 Å². The van der Waals surface area contributed by atoms with Crippen molar-refractivity contribution in [2.45, 2.75) is 6.42 Å². The second-order valence-corrected chi connectivity index (χ2v) is 2.08. The molecule has 0 unspecified atom stereocenters. The van der Waals surface area contributed by atoms with E-state index in [1.54, 1.807) is 0 Å². The average Bonchev–Trinajstić information content (AvgIpc) is 1.93. The number of carbonyl (C=O) groups excluding carboxylic acids is 1. The first kappa shape index (κ1) is 7.46. The fraction of sp³-hybridized carbons (Fsp3) is 0.167. The van der Waals surface area contributed by atoms with Gasteiger partial charge in [-0.2, -0.15) is 0 Å². The molecule has 0 bridgehead atoms. The molecular formula is C6H8N4O. The Morgan fingerprint density at radius 3 is 2.45 bits per heavy atom. The van der Waals surface area contributed by atoms with Crippen molar-refractivity contribution in [3.63, 3.8) is 0 Å². The summed E-state index contributed by atoms with van der Waals surface area (Å²) in [5.74, 6) is -0.0542. The van der Waals surface area contributed by atoms with Gasteiger partial charge < -0.3 is 11.5 Å². The van der Waals surface area contributed by atoms with Crippen molar-refractivity contribution in [3.8, 4) is 0 Å². The molecule has 1 aromatic heterocycles. The van der Waals surface area contributed by atoms with Crippen LogP contribution in [0.3, 0.4) is 0 Å². The van der Waals surface area contributed by atoms with Gasteiger partial charge in [0.15, 0.2) is 0 Å². The molecule has 0 saturated carbocycles. The molecule has 0 atom stereocenters. The largest absolute Gasteiger partial charge is 0.396 e. The monoisotopic (exact) mass is 152 g/mol. The zero-order chi connectivity index (χ0) is 8.27. The molecule has 58 valence electrons. The van der Waals surface area contributed by atoms with Crippen LogP contribution < -0.4 is 11.5 Å². The first-order valence-corrected chi connectivity index (χ1v) is 3.03. The van der Waals surface area contributed by atoms with Crippen molar-refractivity contribution in [3.05, 3.63) is 18.2 Å². The van der Waals surface area contributed by atoms with Crippen molar-refractivity contribution in [2.75, 3.05) is 5.73 Å². The molecule has 0 aliphatic rings. The minimum Gasteiger partial charge on any atom is -0.396 e. The Labute approximate surface area is 63.4 Å². The van der Waals surface area contributed by atoms with Crippen molar-refractivity contribution in [1.29, 1.82) is 0 Å². The Morgan fingerprint density at radius 1 is 1.45 bits per heavy atom. The van der Waals surface area contributed by atoms with E-state index < -0.39 is 5.91 Å². The molecule has 0 aliphatic heterocycles. The van der Waals surface area contributed by atoms with E-state index in [4.69, 9.17) is 11.5 Å². The van der Waals surface area contributed by atoms with Gasteiger partial charge in [-0.3, -0.25) is 4.79 Å². The van der Waals surface area contributed by atoms with E-state index in [0.717, 1.165) is 0 Å². The van der Waals surface area contributed by atoms with Gasteiger partial charge in [-0.25, -0.2) is 9.97 Å². The molecule has 11 heavy (non-hydrogen) atoms. The number of nitrogens with two attached hydrogens (primary N) is 2. The third-order valence-electron chi connectivity index (χ3n) is 1.06. The van der Waals surface area contributed by atoms with Gasteiger partial charge in [0.05, 0.1) is 24.5 Å². The topological polar surface area (TPSA) is 94.9 Å². The van der Waals surface area contributed by atoms with Crippen LogP contribution in [0.25, 0.3) is 0 Å². The summed E-state index contributed by atoms with van der Waals surface area (Å²) in [6.45, 7) is 0. The third-order valence-corrected chi connectivity index (χ3v) is 1.06. The molecule has 1 heterocycles. The maximum atomic E-state index is 10.4. The number of hydrogen-bond acceptors (Lipinski definition) is 4. The molecular weight excluding hydrogens is 144 g/mol. The Kier molecular flexibility index (Phi) is 2.00. The van der Waals surface area contributed by atoms with E-state index in [2.05, 4.69) is 9.97 Å². The van der Waals surface area contributed by atoms with Crippen LogP contribution in [-0.2, 0) is 11.2 Å². The molecule has 5 heteroatoms. The smallest absolute Gasteiger partial charge is 0.225 e. The predicted molar refractivity (Wildman–Crippen MR) is 39.3 cm³/mol. The highest BCUT2D eigenvalue weighted by molar-refractivity contribution is 5.75. The number of nitrogen functional groups attached to an aromatic ring is 1. The molecule has 0 aromatic carbocycles. The van der Waals surface area contributed by atoms with Gasteiger partial charge in [0, 0.05) is 0 Å². The van der Waals surface area contributed by atoms with Crippen molar-refractivity contribution in [2.24, 2.45) is 5.73 Å². The van der Waals surface area contributed by atoms with Crippen molar-refractivity contribution in [1.82, 2.24) is 9.97 Å². The first-order valence-electron chi connectivity index (χ1n) is 3.03. The number of amides is 1. The number of rotatable bonds is 2. The van der Waals surface area contributed by atoms with Crippen LogP contribution in [0, 0.1) is 0 Å². The summed E-state index contributed by atoms with van der Waals surface area (Å²) in [7, 11) is 0. The van der Waals surface area contributed by atoms with Gasteiger partial charge in [0.25, 0.3) is 0 Å². The van der Waals surface area contributed by atoms with E-state index in [-0.39, 0.29) is 6.42 Å². The number of carbonyl (C=O) groups is 1. The fourth-order valence-electron chi connectivity index (χ4n) is 0.612. The standard InChI is InChI=1S/C6H8N4O/c7-4-2-9-6(10-3-4)1-5(8)11/h2-3H,1,7H2,(H2,8,11). The molecule has 1 rings (SSSR count). The van der Waals surface area contributed by atoms with E-state index in [0.29, 0.717) is 11.5 Å². The van der Waals surface area contributed by atoms with Gasteiger partial charge >= 0.3 is 0 Å². The molecule has 4 N–H and O–H groups in total. The molecule has 0 spiro atoms. The molecule has 1 amide bonds. The number of anilines is 1. The average molecular weight is 152 g/mol. The number of hydrogen-bond donors (Lipinski definition) is 2. The summed E-state index contributed by atoms with van der Waals surface area (Å²) >= 11 is 0. The van der Waals surface area contributed by atoms with Gasteiger partial charge in [0.1, 0.15) is 5.82 Å². The number of primary amides is 1. The maximum absolute atomic E-state index is 10.4. The van der Waals surface area contributed by atoms with Gasteiger partial charge in [-0.05, 0) is 0 Å². The lowest BCUT2D eigenvalue weighted by Crippen LogP contribution is -2.15. The Balaban J connectivity index is 2.74. The molecule has 0 fully saturated rings. The summed E-state index contributed by atoms with van der Waals surface area (Å²) in [4.78, 5) is 17.9. The van der Waals surface area contributed by atoms with E-state index in [1.807, 2.05) is 0 Å². The van der Waals surface area contributed by atoms with Gasteiger partial charge in [-0.15, -0.1) is 0 Å². The number of aromatic nitrogens is 2. The van der Waals surface area contributed by atoms with Crippen LogP contribution in [0.15, 0.2) is 12.4 Å². The number of nitrogens with zero attached hydrogens (tertiary/aromatic N) is 2. The summed E-state index contributed by atoms with van der Waals surface area (Å²) in [5, 5.41) is 0. The highest BCUT2D eigenvalue weighted by atomic mass is 16.1. The van der Waals surface area contributed by atoms with Gasteiger partial charge in [-0.1, -0.05) is 0 Å². The Hall–Kier alpha value is -1.65. The highest BCUT2D eigenvalue weighted by Crippen LogP contribution is 1.95. The third kappa shape index (κ3) is 2.21. The SMILES string of the molecule is NC(=O)Cc1ncc(N)cn1. The summed E-state index contributed by atoms with van der Waals surface area (Å²) in [6.07, 6.45) is 2.93. The van der Waals surface area contributed by atoms with Crippen LogP contribution >= 0.6 is 0 Å². The van der Waals surface area contributed by atoms with Crippen LogP contribution in [0.1, 0.15) is 5.82 Å². The lowest BCUT2D eigenvalue weighted by atomic mass is 10.4. The molecule has 0 radical (unpaired) electrons. The zero-order valence-electron chi connectivity index (χ0n) is 5.82. The second kappa shape index (κ2) is 2.96. The first-order chi connectivity index (χ1) is 5.18. The fourth-order valence-corrected chi connectivity index (χ4v) is 0.612. The molecule has 0 aliphatic carbocycles. The van der Waals surface area contributed by atoms with Crippen LogP contribution in [0.2, 0.25) is 0 Å². The van der Waals surface area contributed by atoms with Crippen LogP contribution in [0.4, 0.5) is 5.69 Å². The van der Waals surface area contributed by atoms with Crippen LogP contribution in [-0.4, -0.2) is 15.9 Å². The molecule has 5 nitrogen and oxygen atoms in total. The minimum atomic E-state index is -0.449. The summed E-state index contributed by atoms with van der Waals surface area (Å²) in [6, 6.07) is 0. The van der Waals surface area contributed by atoms with Crippen molar-refractivity contribution < 1.29 is 4.79 Å². The van der Waals surface area contributed by atoms with E-state index >= 15 is 0 Å². The Morgan fingerprint density at radius 2 is 2.00 bits per heavy atom. The zero-order valence-corrected chi connectivity index (χ0v) is 5.82. The lowest BCUT2D eigenvalue weighted by Gasteiger charge is -1.94. The maximum Gasteiger partial charge on any atom is 0.225 e. The predicted octanol–water partition coefficient (Wildman–Crippen LogP) is -0.913. The van der Waals surface area contributed by atoms with Crippen LogP contribution in [0.5, 0.6) is 0 Å². The normalized spacial score (nSPS) is 9.45. The quantitative estimate of drug-likeness (QED) is 0.573. The lowest BCUT2D eigenvalue weighted by molar-refractivity contribution is -0.117. The Bertz CT molecular complexity index is 256. The summed E-state index contributed by atoms with van der Waals surface area (Å²) < 4.78 is 0.